The summed E-state index contributed by atoms with van der Waals surface area (Å²) in [5.41, 5.74) is 7.00. The molecule has 0 bridgehead atoms. The van der Waals surface area contributed by atoms with Gasteiger partial charge in [0.25, 0.3) is 0 Å². The highest BCUT2D eigenvalue weighted by Crippen LogP contribution is 2.42. The highest BCUT2D eigenvalue weighted by Gasteiger charge is 2.37. The monoisotopic (exact) mass is 592 g/mol. The van der Waals surface area contributed by atoms with Crippen LogP contribution in [0.15, 0.2) is 66.6 Å². The van der Waals surface area contributed by atoms with Gasteiger partial charge in [-0.1, -0.05) is 63.3 Å². The summed E-state index contributed by atoms with van der Waals surface area (Å²) in [6.07, 6.45) is 8.38. The van der Waals surface area contributed by atoms with Crippen LogP contribution in [0.1, 0.15) is 58.1 Å². The topological polar surface area (TPSA) is 90.8 Å². The normalized spacial score (nSPS) is 15.5. The standard InChI is InChI=1S/C32H35F3N6O2/c1-4-5-6-7-8-13-21(2)40-25-20-22(36)18-19-27(25)43-28(40)17-12-10-15-24-29(32(33,34)35)39-41-30(37-38-31(24)41)23-14-9-11-16-26(23)42-3/h9-12,14-21H,4-8,13,36H2,1-3H3/b12-10+,24-15-,28-17-. The van der Waals surface area contributed by atoms with E-state index in [1.165, 1.54) is 38.5 Å². The summed E-state index contributed by atoms with van der Waals surface area (Å²) in [6.45, 7) is 4.33. The van der Waals surface area contributed by atoms with E-state index in [1.54, 1.807) is 42.5 Å². The lowest BCUT2D eigenvalue weighted by Crippen LogP contribution is -2.30. The number of fused-ring (bicyclic) bond motifs is 2. The van der Waals surface area contributed by atoms with Crippen molar-refractivity contribution < 1.29 is 22.6 Å². The maximum absolute atomic E-state index is 14.1. The number of hydrogen-bond acceptors (Lipinski definition) is 7. The summed E-state index contributed by atoms with van der Waals surface area (Å²) in [7, 11) is 1.48. The molecular formula is C32H35F3N6O2. The van der Waals surface area contributed by atoms with Crippen LogP contribution in [0.25, 0.3) is 23.1 Å². The Bertz CT molecular complexity index is 1700. The first-order valence-electron chi connectivity index (χ1n) is 14.4. The molecule has 0 fully saturated rings. The fourth-order valence-corrected chi connectivity index (χ4v) is 5.28. The number of allylic oxidation sites excluding steroid dienone is 3. The van der Waals surface area contributed by atoms with Crippen LogP contribution in [0.5, 0.6) is 11.5 Å². The first-order chi connectivity index (χ1) is 20.7. The van der Waals surface area contributed by atoms with Crippen molar-refractivity contribution in [2.24, 2.45) is 0 Å². The van der Waals surface area contributed by atoms with Crippen molar-refractivity contribution in [1.29, 1.82) is 0 Å². The second kappa shape index (κ2) is 12.8. The number of hydrogen-bond donors (Lipinski definition) is 1. The minimum atomic E-state index is -4.70. The predicted molar refractivity (Wildman–Crippen MR) is 161 cm³/mol. The molecule has 0 amide bonds. The fourth-order valence-electron chi connectivity index (χ4n) is 5.28. The van der Waals surface area contributed by atoms with Crippen LogP contribution in [0.4, 0.5) is 24.5 Å². The number of alkyl halides is 3. The molecule has 2 N–H and O–H groups in total. The summed E-state index contributed by atoms with van der Waals surface area (Å²) in [5.74, 6) is 1.86. The summed E-state index contributed by atoms with van der Waals surface area (Å²) < 4.78 is 54.8. The van der Waals surface area contributed by atoms with Gasteiger partial charge in [0.1, 0.15) is 5.75 Å². The maximum atomic E-state index is 14.1. The predicted octanol–water partition coefficient (Wildman–Crippen LogP) is 6.95. The van der Waals surface area contributed by atoms with Gasteiger partial charge in [0.15, 0.2) is 22.9 Å². The summed E-state index contributed by atoms with van der Waals surface area (Å²) in [5, 5.41) is 11.8. The largest absolute Gasteiger partial charge is 0.496 e. The number of nitrogens with two attached hydrogens (primary N) is 1. The number of nitrogens with zero attached hydrogens (tertiary/aromatic N) is 5. The lowest BCUT2D eigenvalue weighted by atomic mass is 10.1. The Morgan fingerprint density at radius 1 is 1.02 bits per heavy atom. The number of ether oxygens (including phenoxy) is 2. The van der Waals surface area contributed by atoms with Gasteiger partial charge in [-0.2, -0.15) is 22.8 Å². The van der Waals surface area contributed by atoms with Crippen LogP contribution >= 0.6 is 0 Å². The molecule has 0 spiro atoms. The zero-order chi connectivity index (χ0) is 30.6. The molecule has 4 aromatic rings. The van der Waals surface area contributed by atoms with Crippen molar-refractivity contribution >= 4 is 23.1 Å². The molecule has 43 heavy (non-hydrogen) atoms. The molecule has 11 heteroatoms. The molecule has 2 aromatic heterocycles. The van der Waals surface area contributed by atoms with Gasteiger partial charge in [-0.15, -0.1) is 10.2 Å². The molecule has 0 aliphatic carbocycles. The molecule has 5 rings (SSSR count). The smallest absolute Gasteiger partial charge is 0.435 e. The van der Waals surface area contributed by atoms with Crippen LogP contribution in [-0.4, -0.2) is 33.0 Å². The minimum Gasteiger partial charge on any atom is -0.496 e. The number of para-hydroxylation sites is 1. The van der Waals surface area contributed by atoms with Crippen molar-refractivity contribution in [3.05, 3.63) is 77.5 Å². The van der Waals surface area contributed by atoms with Crippen LogP contribution in [0.3, 0.4) is 0 Å². The first kappa shape index (κ1) is 29.9. The van der Waals surface area contributed by atoms with E-state index >= 15 is 0 Å². The lowest BCUT2D eigenvalue weighted by Gasteiger charge is -2.26. The van der Waals surface area contributed by atoms with E-state index in [-0.39, 0.29) is 22.7 Å². The average Bonchev–Trinajstić information content (AvgIpc) is 3.67. The van der Waals surface area contributed by atoms with Gasteiger partial charge in [-0.25, -0.2) is 0 Å². The molecule has 3 heterocycles. The number of halogens is 3. The second-order valence-corrected chi connectivity index (χ2v) is 10.5. The van der Waals surface area contributed by atoms with Crippen LogP contribution in [0.2, 0.25) is 0 Å². The third-order valence-corrected chi connectivity index (χ3v) is 7.43. The van der Waals surface area contributed by atoms with E-state index in [1.807, 2.05) is 12.1 Å². The molecule has 1 atom stereocenters. The molecule has 1 aliphatic heterocycles. The Morgan fingerprint density at radius 3 is 2.56 bits per heavy atom. The van der Waals surface area contributed by atoms with Gasteiger partial charge in [-0.05, 0) is 55.8 Å². The Hall–Kier alpha value is -4.54. The summed E-state index contributed by atoms with van der Waals surface area (Å²) >= 11 is 0. The van der Waals surface area contributed by atoms with Gasteiger partial charge in [0.05, 0.1) is 23.6 Å². The van der Waals surface area contributed by atoms with Gasteiger partial charge in [0, 0.05) is 11.7 Å². The zero-order valence-corrected chi connectivity index (χ0v) is 24.4. The van der Waals surface area contributed by atoms with E-state index in [0.717, 1.165) is 29.5 Å². The van der Waals surface area contributed by atoms with Crippen molar-refractivity contribution in [1.82, 2.24) is 19.8 Å². The van der Waals surface area contributed by atoms with Crippen LogP contribution in [-0.2, 0) is 6.18 Å². The first-order valence-corrected chi connectivity index (χ1v) is 14.4. The third-order valence-electron chi connectivity index (χ3n) is 7.43. The van der Waals surface area contributed by atoms with Gasteiger partial charge in [0.2, 0.25) is 5.88 Å². The SMILES string of the molecule is CCCCCCCC(C)N1/C(=C/C=C/C=c2/c(C(F)(F)F)nn3c(-c4ccccc4OC)nnc23)Oc2ccc(N)cc21. The Labute approximate surface area is 248 Å². The minimum absolute atomic E-state index is 0.0103. The number of aromatic nitrogens is 4. The quantitative estimate of drug-likeness (QED) is 0.149. The second-order valence-electron chi connectivity index (χ2n) is 10.5. The molecule has 0 radical (unpaired) electrons. The van der Waals surface area contributed by atoms with Crippen molar-refractivity contribution in [3.8, 4) is 22.9 Å². The van der Waals surface area contributed by atoms with Crippen molar-refractivity contribution in [3.63, 3.8) is 0 Å². The van der Waals surface area contributed by atoms with Crippen molar-refractivity contribution in [2.75, 3.05) is 17.7 Å². The van der Waals surface area contributed by atoms with E-state index in [4.69, 9.17) is 15.2 Å². The van der Waals surface area contributed by atoms with Gasteiger partial charge in [-0.3, -0.25) is 0 Å². The molecule has 1 unspecified atom stereocenters. The Balaban J connectivity index is 1.47. The molecule has 2 aromatic carbocycles. The van der Waals surface area contributed by atoms with Crippen LogP contribution < -0.4 is 25.3 Å². The van der Waals surface area contributed by atoms with Crippen molar-refractivity contribution in [2.45, 2.75) is 64.6 Å². The highest BCUT2D eigenvalue weighted by molar-refractivity contribution is 5.72. The summed E-state index contributed by atoms with van der Waals surface area (Å²) in [6, 6.07) is 12.5. The van der Waals surface area contributed by atoms with Crippen LogP contribution in [0, 0.1) is 0 Å². The fraction of sp³-hybridized carbons (Fsp3) is 0.344. The van der Waals surface area contributed by atoms with Gasteiger partial charge >= 0.3 is 6.18 Å². The van der Waals surface area contributed by atoms with Gasteiger partial charge < -0.3 is 20.1 Å². The van der Waals surface area contributed by atoms with E-state index in [0.29, 0.717) is 28.6 Å². The molecule has 226 valence electrons. The van der Waals surface area contributed by atoms with E-state index < -0.39 is 11.9 Å². The number of benzene rings is 2. The Kier molecular flexibility index (Phi) is 8.89. The van der Waals surface area contributed by atoms with E-state index in [9.17, 15) is 13.2 Å². The number of rotatable bonds is 11. The van der Waals surface area contributed by atoms with E-state index in [2.05, 4.69) is 34.0 Å². The maximum Gasteiger partial charge on any atom is 0.435 e. The molecule has 1 aliphatic rings. The molecule has 0 saturated heterocycles. The average molecular weight is 593 g/mol. The third kappa shape index (κ3) is 6.30. The lowest BCUT2D eigenvalue weighted by molar-refractivity contribution is -0.142. The number of unbranched alkanes of at least 4 members (excludes halogenated alkanes) is 4. The molecule has 0 saturated carbocycles. The number of anilines is 2. The molecular weight excluding hydrogens is 557 g/mol. The summed E-state index contributed by atoms with van der Waals surface area (Å²) in [4.78, 5) is 2.09. The zero-order valence-electron chi connectivity index (χ0n) is 24.4. The highest BCUT2D eigenvalue weighted by atomic mass is 19.4. The Morgan fingerprint density at radius 2 is 1.79 bits per heavy atom. The molecule has 8 nitrogen and oxygen atoms in total. The number of nitrogen functional groups attached to an aromatic ring is 1. The number of methoxy groups -OCH3 is 1.